The number of nitrogens with zero attached hydrogens (tertiary/aromatic N) is 1. The van der Waals surface area contributed by atoms with Gasteiger partial charge in [-0.2, -0.15) is 0 Å². The molecule has 0 spiro atoms. The molecule has 0 atom stereocenters. The molecule has 0 heterocycles. The van der Waals surface area contributed by atoms with Crippen LogP contribution >= 0.6 is 0 Å². The number of hydrogen-bond acceptors (Lipinski definition) is 4. The Kier molecular flexibility index (Phi) is 6.75. The second kappa shape index (κ2) is 8.11. The minimum atomic E-state index is -2.49. The molecule has 4 nitrogen and oxygen atoms in total. The van der Waals surface area contributed by atoms with Crippen LogP contribution < -0.4 is 5.32 Å². The molecule has 1 N–H and O–H groups in total. The van der Waals surface area contributed by atoms with Gasteiger partial charge in [-0.3, -0.25) is 0 Å². The molecular formula is C13H22N2O2S. The fourth-order valence-corrected chi connectivity index (χ4v) is 2.26. The number of anilines is 1. The summed E-state index contributed by atoms with van der Waals surface area (Å²) in [6.07, 6.45) is 1.05. The smallest absolute Gasteiger partial charge is 0.168 e. The quantitative estimate of drug-likeness (QED) is 0.559. The lowest BCUT2D eigenvalue weighted by Gasteiger charge is -2.17. The molecule has 0 saturated carbocycles. The van der Waals surface area contributed by atoms with E-state index in [9.17, 15) is 8.42 Å². The first-order chi connectivity index (χ1) is 8.67. The van der Waals surface area contributed by atoms with Gasteiger partial charge in [0.2, 0.25) is 0 Å². The van der Waals surface area contributed by atoms with E-state index in [0.29, 0.717) is 4.90 Å². The van der Waals surface area contributed by atoms with Crippen LogP contribution in [0.25, 0.3) is 0 Å². The highest BCUT2D eigenvalue weighted by molar-refractivity contribution is 7.72. The van der Waals surface area contributed by atoms with Gasteiger partial charge in [0.05, 0.1) is 4.90 Å². The maximum absolute atomic E-state index is 10.9. The molecule has 1 aromatic rings. The summed E-state index contributed by atoms with van der Waals surface area (Å²) in [4.78, 5) is 2.73. The van der Waals surface area contributed by atoms with E-state index in [2.05, 4.69) is 24.1 Å². The number of thiol groups is 1. The van der Waals surface area contributed by atoms with Gasteiger partial charge in [0.1, 0.15) is 0 Å². The molecule has 0 fully saturated rings. The summed E-state index contributed by atoms with van der Waals surface area (Å²) in [6, 6.07) is 6.92. The van der Waals surface area contributed by atoms with Crippen LogP contribution in [-0.2, 0) is 10.7 Å². The Morgan fingerprint density at radius 2 is 1.94 bits per heavy atom. The van der Waals surface area contributed by atoms with Gasteiger partial charge >= 0.3 is 0 Å². The Balaban J connectivity index is 2.37. The number of benzene rings is 1. The van der Waals surface area contributed by atoms with Gasteiger partial charge in [0, 0.05) is 12.2 Å². The van der Waals surface area contributed by atoms with E-state index in [4.69, 9.17) is 0 Å². The van der Waals surface area contributed by atoms with Crippen molar-refractivity contribution in [2.45, 2.75) is 25.2 Å². The van der Waals surface area contributed by atoms with Crippen LogP contribution in [0.1, 0.15) is 20.3 Å². The van der Waals surface area contributed by atoms with Gasteiger partial charge in [0.25, 0.3) is 0 Å². The predicted octanol–water partition coefficient (Wildman–Crippen LogP) is 1.80. The molecule has 1 rings (SSSR count). The average molecular weight is 270 g/mol. The van der Waals surface area contributed by atoms with Crippen molar-refractivity contribution >= 4 is 16.4 Å². The lowest BCUT2D eigenvalue weighted by atomic mass is 10.3. The van der Waals surface area contributed by atoms with Crippen LogP contribution in [0.5, 0.6) is 0 Å². The number of hydrogen-bond donors (Lipinski definition) is 2. The van der Waals surface area contributed by atoms with Crippen LogP contribution in [0.4, 0.5) is 5.69 Å². The monoisotopic (exact) mass is 270 g/mol. The minimum absolute atomic E-state index is 0.360. The van der Waals surface area contributed by atoms with E-state index in [1.807, 2.05) is 6.07 Å². The Bertz CT molecular complexity index is 421. The van der Waals surface area contributed by atoms with E-state index in [-0.39, 0.29) is 0 Å². The van der Waals surface area contributed by atoms with Gasteiger partial charge in [-0.15, -0.1) is 0 Å². The van der Waals surface area contributed by atoms with Gasteiger partial charge in [0.15, 0.2) is 10.7 Å². The summed E-state index contributed by atoms with van der Waals surface area (Å²) in [6.45, 7) is 8.38. The minimum Gasteiger partial charge on any atom is -0.385 e. The predicted molar refractivity (Wildman–Crippen MR) is 75.9 cm³/mol. The zero-order valence-electron chi connectivity index (χ0n) is 11.1. The molecule has 1 aromatic carbocycles. The summed E-state index contributed by atoms with van der Waals surface area (Å²) in [5.41, 5.74) is 0.867. The maximum Gasteiger partial charge on any atom is 0.168 e. The molecule has 0 bridgehead atoms. The molecular weight excluding hydrogens is 248 g/mol. The molecule has 0 radical (unpaired) electrons. The van der Waals surface area contributed by atoms with Gasteiger partial charge in [-0.25, -0.2) is 8.42 Å². The molecule has 0 aromatic heterocycles. The van der Waals surface area contributed by atoms with Crippen molar-refractivity contribution < 1.29 is 8.42 Å². The summed E-state index contributed by atoms with van der Waals surface area (Å²) >= 11 is 0. The Morgan fingerprint density at radius 3 is 2.56 bits per heavy atom. The third kappa shape index (κ3) is 5.06. The van der Waals surface area contributed by atoms with E-state index in [1.54, 1.807) is 18.2 Å². The van der Waals surface area contributed by atoms with Gasteiger partial charge in [-0.05, 0) is 44.3 Å². The molecule has 0 aliphatic heterocycles. The summed E-state index contributed by atoms with van der Waals surface area (Å²) in [5.74, 6) is 0. The largest absolute Gasteiger partial charge is 0.385 e. The van der Waals surface area contributed by atoms with E-state index < -0.39 is 10.7 Å². The van der Waals surface area contributed by atoms with Crippen molar-refractivity contribution in [2.24, 2.45) is 0 Å². The first kappa shape index (κ1) is 15.0. The molecule has 0 unspecified atom stereocenters. The first-order valence-corrected chi connectivity index (χ1v) is 7.55. The number of nitrogens with one attached hydrogen (secondary N) is 1. The Morgan fingerprint density at radius 1 is 1.22 bits per heavy atom. The molecule has 102 valence electrons. The zero-order valence-corrected chi connectivity index (χ0v) is 12.0. The van der Waals surface area contributed by atoms with Crippen molar-refractivity contribution in [3.05, 3.63) is 24.3 Å². The number of rotatable bonds is 8. The van der Waals surface area contributed by atoms with E-state index >= 15 is 0 Å². The molecule has 18 heavy (non-hydrogen) atoms. The van der Waals surface area contributed by atoms with E-state index in [1.165, 1.54) is 0 Å². The standard InChI is InChI=1S/C13H22N2O2S/c1-3-15(4-2)10-6-9-14-12-7-5-8-13(11-12)18(16)17/h5,7-8,11,14,18H,3-4,6,9-10H2,1-2H3. The van der Waals surface area contributed by atoms with Crippen molar-refractivity contribution in [3.8, 4) is 0 Å². The zero-order chi connectivity index (χ0) is 13.4. The average Bonchev–Trinajstić information content (AvgIpc) is 2.39. The van der Waals surface area contributed by atoms with Crippen LogP contribution in [0.15, 0.2) is 29.2 Å². The Labute approximate surface area is 111 Å². The highest BCUT2D eigenvalue weighted by atomic mass is 32.2. The fourth-order valence-electron chi connectivity index (χ4n) is 1.80. The third-order valence-electron chi connectivity index (χ3n) is 2.93. The summed E-state index contributed by atoms with van der Waals surface area (Å²) in [7, 11) is -2.49. The SMILES string of the molecule is CCN(CC)CCCNc1cccc([SH](=O)=O)c1. The lowest BCUT2D eigenvalue weighted by molar-refractivity contribution is 0.303. The molecule has 5 heteroatoms. The normalized spacial score (nSPS) is 11.1. The molecule has 0 amide bonds. The second-order valence-electron chi connectivity index (χ2n) is 4.11. The Hall–Kier alpha value is -1.07. The second-order valence-corrected chi connectivity index (χ2v) is 5.15. The van der Waals surface area contributed by atoms with Crippen molar-refractivity contribution in [1.82, 2.24) is 4.90 Å². The first-order valence-electron chi connectivity index (χ1n) is 6.38. The van der Waals surface area contributed by atoms with Crippen LogP contribution in [-0.4, -0.2) is 39.5 Å². The van der Waals surface area contributed by atoms with Crippen LogP contribution in [0.2, 0.25) is 0 Å². The summed E-state index contributed by atoms with van der Waals surface area (Å²) < 4.78 is 21.7. The maximum atomic E-state index is 10.9. The lowest BCUT2D eigenvalue weighted by Crippen LogP contribution is -2.25. The van der Waals surface area contributed by atoms with Crippen LogP contribution in [0.3, 0.4) is 0 Å². The molecule has 0 aliphatic carbocycles. The highest BCUT2D eigenvalue weighted by Crippen LogP contribution is 2.11. The van der Waals surface area contributed by atoms with Gasteiger partial charge in [-0.1, -0.05) is 19.9 Å². The third-order valence-corrected chi connectivity index (χ3v) is 3.63. The highest BCUT2D eigenvalue weighted by Gasteiger charge is 1.99. The molecule has 0 aliphatic rings. The van der Waals surface area contributed by atoms with Crippen LogP contribution in [0, 0.1) is 0 Å². The molecule has 0 saturated heterocycles. The van der Waals surface area contributed by atoms with Crippen molar-refractivity contribution in [1.29, 1.82) is 0 Å². The van der Waals surface area contributed by atoms with Crippen molar-refractivity contribution in [2.75, 3.05) is 31.5 Å². The van der Waals surface area contributed by atoms with Crippen molar-refractivity contribution in [3.63, 3.8) is 0 Å². The topological polar surface area (TPSA) is 49.4 Å². The fraction of sp³-hybridized carbons (Fsp3) is 0.538. The summed E-state index contributed by atoms with van der Waals surface area (Å²) in [5, 5.41) is 3.25. The van der Waals surface area contributed by atoms with Gasteiger partial charge < -0.3 is 10.2 Å². The van der Waals surface area contributed by atoms with E-state index in [0.717, 1.165) is 38.3 Å².